The van der Waals surface area contributed by atoms with Gasteiger partial charge in [0, 0.05) is 17.8 Å². The quantitative estimate of drug-likeness (QED) is 0.276. The smallest absolute Gasteiger partial charge is 0.306 e. The summed E-state index contributed by atoms with van der Waals surface area (Å²) in [6, 6.07) is 20.0. The monoisotopic (exact) mass is 518 g/mol. The maximum Gasteiger partial charge on any atom is 0.306 e. The molecule has 0 saturated heterocycles. The number of benzene rings is 3. The predicted molar refractivity (Wildman–Crippen MR) is 147 cm³/mol. The molecule has 8 nitrogen and oxygen atoms in total. The molecule has 0 aliphatic rings. The Balaban J connectivity index is 1.40. The molecule has 0 aliphatic heterocycles. The molecule has 0 saturated carbocycles. The Morgan fingerprint density at radius 2 is 1.39 bits per heavy atom. The normalized spacial score (nSPS) is 10.6. The number of rotatable bonds is 12. The number of carbonyl (C=O) groups is 3. The summed E-state index contributed by atoms with van der Waals surface area (Å²) in [7, 11) is 0. The van der Waals surface area contributed by atoms with Gasteiger partial charge in [-0.15, -0.1) is 0 Å². The molecule has 3 rings (SSSR count). The van der Waals surface area contributed by atoms with E-state index in [2.05, 4.69) is 36.6 Å². The summed E-state index contributed by atoms with van der Waals surface area (Å²) >= 11 is 0. The lowest BCUT2D eigenvalue weighted by Crippen LogP contribution is -2.21. The van der Waals surface area contributed by atoms with E-state index in [0.717, 1.165) is 16.9 Å². The number of esters is 1. The molecule has 8 heteroatoms. The molecule has 3 aromatic rings. The van der Waals surface area contributed by atoms with Crippen molar-refractivity contribution < 1.29 is 28.6 Å². The van der Waals surface area contributed by atoms with Crippen molar-refractivity contribution in [2.75, 3.05) is 23.8 Å². The van der Waals surface area contributed by atoms with Gasteiger partial charge in [0.15, 0.2) is 6.61 Å². The number of ether oxygens (including phenoxy) is 3. The van der Waals surface area contributed by atoms with E-state index < -0.39 is 18.5 Å². The maximum absolute atomic E-state index is 12.3. The first-order valence-corrected chi connectivity index (χ1v) is 12.6. The first-order chi connectivity index (χ1) is 18.2. The first-order valence-electron chi connectivity index (χ1n) is 12.6. The Bertz CT molecular complexity index is 1240. The SMILES string of the molecule is CCOc1ccc(NC(=O)COC(=O)CCC(=O)Nc2ccc(Oc3cc(C)ccc3C(C)C)cc2)cc1. The van der Waals surface area contributed by atoms with Gasteiger partial charge in [-0.25, -0.2) is 0 Å². The molecule has 3 aromatic carbocycles. The lowest BCUT2D eigenvalue weighted by atomic mass is 10.0. The molecular formula is C30H34N2O6. The second-order valence-electron chi connectivity index (χ2n) is 9.04. The van der Waals surface area contributed by atoms with Gasteiger partial charge >= 0.3 is 5.97 Å². The molecule has 2 N–H and O–H groups in total. The van der Waals surface area contributed by atoms with Crippen LogP contribution in [0.25, 0.3) is 0 Å². The zero-order valence-corrected chi connectivity index (χ0v) is 22.2. The molecule has 38 heavy (non-hydrogen) atoms. The molecule has 0 aliphatic carbocycles. The highest BCUT2D eigenvalue weighted by molar-refractivity contribution is 5.94. The Hall–Kier alpha value is -4.33. The van der Waals surface area contributed by atoms with Crippen LogP contribution in [0.1, 0.15) is 50.7 Å². The maximum atomic E-state index is 12.3. The van der Waals surface area contributed by atoms with Gasteiger partial charge in [-0.1, -0.05) is 26.0 Å². The fraction of sp³-hybridized carbons (Fsp3) is 0.300. The summed E-state index contributed by atoms with van der Waals surface area (Å²) < 4.78 is 16.4. The van der Waals surface area contributed by atoms with Crippen LogP contribution >= 0.6 is 0 Å². The van der Waals surface area contributed by atoms with Crippen LogP contribution in [0.15, 0.2) is 66.7 Å². The van der Waals surface area contributed by atoms with Gasteiger partial charge in [0.05, 0.1) is 13.0 Å². The number of amides is 2. The third-order valence-corrected chi connectivity index (χ3v) is 5.53. The second-order valence-corrected chi connectivity index (χ2v) is 9.04. The van der Waals surface area contributed by atoms with Crippen molar-refractivity contribution in [3.63, 3.8) is 0 Å². The number of anilines is 2. The first kappa shape index (κ1) is 28.2. The van der Waals surface area contributed by atoms with Gasteiger partial charge in [-0.3, -0.25) is 14.4 Å². The number of nitrogens with one attached hydrogen (secondary N) is 2. The van der Waals surface area contributed by atoms with Crippen molar-refractivity contribution in [2.45, 2.75) is 46.5 Å². The topological polar surface area (TPSA) is 103 Å². The molecule has 0 bridgehead atoms. The number of aryl methyl sites for hydroxylation is 1. The summed E-state index contributed by atoms with van der Waals surface area (Å²) in [4.78, 5) is 36.2. The average molecular weight is 519 g/mol. The van der Waals surface area contributed by atoms with E-state index in [1.54, 1.807) is 48.5 Å². The highest BCUT2D eigenvalue weighted by atomic mass is 16.5. The molecular weight excluding hydrogens is 484 g/mol. The minimum atomic E-state index is -0.634. The predicted octanol–water partition coefficient (Wildman–Crippen LogP) is 6.21. The third kappa shape index (κ3) is 8.96. The van der Waals surface area contributed by atoms with E-state index in [-0.39, 0.29) is 18.7 Å². The summed E-state index contributed by atoms with van der Waals surface area (Å²) in [6.45, 7) is 8.25. The summed E-state index contributed by atoms with van der Waals surface area (Å²) in [5.41, 5.74) is 3.37. The molecule has 0 spiro atoms. The van der Waals surface area contributed by atoms with E-state index in [9.17, 15) is 14.4 Å². The van der Waals surface area contributed by atoms with Gasteiger partial charge in [0.2, 0.25) is 5.91 Å². The van der Waals surface area contributed by atoms with Crippen LogP contribution in [-0.4, -0.2) is 31.0 Å². The van der Waals surface area contributed by atoms with Crippen LogP contribution < -0.4 is 20.1 Å². The van der Waals surface area contributed by atoms with Gasteiger partial charge in [0.25, 0.3) is 5.91 Å². The van der Waals surface area contributed by atoms with E-state index in [1.807, 2.05) is 19.9 Å². The standard InChI is InChI=1S/C30H34N2O6/c1-5-36-24-11-7-23(8-12-24)32-29(34)19-37-30(35)17-16-28(33)31-22-9-13-25(14-10-22)38-27-18-21(4)6-15-26(27)20(2)3/h6-15,18,20H,5,16-17,19H2,1-4H3,(H,31,33)(H,32,34). The number of carbonyl (C=O) groups excluding carboxylic acids is 3. The molecule has 0 unspecified atom stereocenters. The van der Waals surface area contributed by atoms with Crippen LogP contribution in [0.3, 0.4) is 0 Å². The van der Waals surface area contributed by atoms with Crippen LogP contribution in [-0.2, 0) is 19.1 Å². The minimum absolute atomic E-state index is 0.0708. The highest BCUT2D eigenvalue weighted by Gasteiger charge is 2.12. The largest absolute Gasteiger partial charge is 0.494 e. The van der Waals surface area contributed by atoms with Gasteiger partial charge in [-0.2, -0.15) is 0 Å². The van der Waals surface area contributed by atoms with Crippen molar-refractivity contribution in [2.24, 2.45) is 0 Å². The summed E-state index contributed by atoms with van der Waals surface area (Å²) in [5.74, 6) is 1.04. The van der Waals surface area contributed by atoms with Gasteiger partial charge < -0.3 is 24.8 Å². The zero-order valence-electron chi connectivity index (χ0n) is 22.2. The lowest BCUT2D eigenvalue weighted by molar-refractivity contribution is -0.147. The van der Waals surface area contributed by atoms with E-state index >= 15 is 0 Å². The van der Waals surface area contributed by atoms with E-state index in [1.165, 1.54) is 0 Å². The van der Waals surface area contributed by atoms with Crippen LogP contribution in [0.2, 0.25) is 0 Å². The molecule has 200 valence electrons. The van der Waals surface area contributed by atoms with Crippen molar-refractivity contribution in [1.29, 1.82) is 0 Å². The Morgan fingerprint density at radius 1 is 0.789 bits per heavy atom. The average Bonchev–Trinajstić information content (AvgIpc) is 2.88. The second kappa shape index (κ2) is 13.8. The zero-order chi connectivity index (χ0) is 27.5. The van der Waals surface area contributed by atoms with Crippen LogP contribution in [0.4, 0.5) is 11.4 Å². The van der Waals surface area contributed by atoms with Crippen molar-refractivity contribution in [3.8, 4) is 17.2 Å². The third-order valence-electron chi connectivity index (χ3n) is 5.53. The fourth-order valence-corrected chi connectivity index (χ4v) is 3.60. The van der Waals surface area contributed by atoms with E-state index in [4.69, 9.17) is 14.2 Å². The molecule has 0 fully saturated rings. The minimum Gasteiger partial charge on any atom is -0.494 e. The van der Waals surface area contributed by atoms with Crippen LogP contribution in [0, 0.1) is 6.92 Å². The molecule has 0 radical (unpaired) electrons. The van der Waals surface area contributed by atoms with Crippen molar-refractivity contribution in [1.82, 2.24) is 0 Å². The van der Waals surface area contributed by atoms with Crippen LogP contribution in [0.5, 0.6) is 17.2 Å². The van der Waals surface area contributed by atoms with E-state index in [0.29, 0.717) is 35.4 Å². The lowest BCUT2D eigenvalue weighted by Gasteiger charge is -2.15. The van der Waals surface area contributed by atoms with Gasteiger partial charge in [-0.05, 0) is 85.5 Å². The summed E-state index contributed by atoms with van der Waals surface area (Å²) in [6.07, 6.45) is -0.215. The Labute approximate surface area is 223 Å². The van der Waals surface area contributed by atoms with Crippen molar-refractivity contribution >= 4 is 29.2 Å². The molecule has 0 heterocycles. The fourth-order valence-electron chi connectivity index (χ4n) is 3.60. The summed E-state index contributed by atoms with van der Waals surface area (Å²) in [5, 5.41) is 5.38. The molecule has 2 amide bonds. The highest BCUT2D eigenvalue weighted by Crippen LogP contribution is 2.32. The van der Waals surface area contributed by atoms with Crippen molar-refractivity contribution in [3.05, 3.63) is 77.9 Å². The molecule has 0 atom stereocenters. The Morgan fingerprint density at radius 3 is 2.00 bits per heavy atom. The number of hydrogen-bond donors (Lipinski definition) is 2. The van der Waals surface area contributed by atoms with Gasteiger partial charge in [0.1, 0.15) is 17.2 Å². The Kier molecular flexibility index (Phi) is 10.3. The number of hydrogen-bond acceptors (Lipinski definition) is 6. The molecule has 0 aromatic heterocycles.